The van der Waals surface area contributed by atoms with E-state index in [4.69, 9.17) is 5.73 Å². The van der Waals surface area contributed by atoms with Crippen molar-refractivity contribution in [3.05, 3.63) is 10.9 Å². The quantitative estimate of drug-likeness (QED) is 0.757. The molecule has 0 aliphatic carbocycles. The molecule has 0 fully saturated rings. The minimum atomic E-state index is 0.0138. The Morgan fingerprint density at radius 1 is 1.47 bits per heavy atom. The van der Waals surface area contributed by atoms with E-state index in [-0.39, 0.29) is 18.6 Å². The molecule has 19 heavy (non-hydrogen) atoms. The number of hydrogen-bond acceptors (Lipinski definition) is 6. The molecule has 0 saturated heterocycles. The Bertz CT molecular complexity index is 555. The maximum absolute atomic E-state index is 9.43. The Morgan fingerprint density at radius 2 is 2.26 bits per heavy atom. The van der Waals surface area contributed by atoms with Gasteiger partial charge in [0, 0.05) is 4.88 Å². The van der Waals surface area contributed by atoms with Gasteiger partial charge in [0.15, 0.2) is 0 Å². The van der Waals surface area contributed by atoms with Crippen LogP contribution >= 0.6 is 11.3 Å². The lowest BCUT2D eigenvalue weighted by atomic mass is 10.1. The molecule has 0 saturated carbocycles. The second kappa shape index (κ2) is 6.16. The first-order valence-electron chi connectivity index (χ1n) is 6.55. The largest absolute Gasteiger partial charge is 0.394 e. The van der Waals surface area contributed by atoms with Crippen LogP contribution in [0.5, 0.6) is 0 Å². The van der Waals surface area contributed by atoms with Crippen LogP contribution in [0.2, 0.25) is 0 Å². The molecule has 0 aliphatic heterocycles. The summed E-state index contributed by atoms with van der Waals surface area (Å²) in [4.78, 5) is 9.67. The fourth-order valence-corrected chi connectivity index (χ4v) is 2.92. The first-order chi connectivity index (χ1) is 9.13. The summed E-state index contributed by atoms with van der Waals surface area (Å²) in [7, 11) is 0. The third-order valence-electron chi connectivity index (χ3n) is 2.98. The molecule has 4 N–H and O–H groups in total. The average molecular weight is 280 g/mol. The Morgan fingerprint density at radius 3 is 2.95 bits per heavy atom. The SMILES string of the molecule is CCCCC(CO)Nc1nc(N)nc2cc(C)sc12. The standard InChI is InChI=1S/C13H20N4OS/c1-3-4-5-9(7-18)15-12-11-10(6-8(2)19-11)16-13(14)17-12/h6,9,18H,3-5,7H2,1-2H3,(H3,14,15,16,17). The van der Waals surface area contributed by atoms with E-state index in [0.717, 1.165) is 35.3 Å². The van der Waals surface area contributed by atoms with Gasteiger partial charge in [-0.2, -0.15) is 4.98 Å². The van der Waals surface area contributed by atoms with Crippen molar-refractivity contribution in [1.29, 1.82) is 0 Å². The topological polar surface area (TPSA) is 84.1 Å². The predicted octanol–water partition coefficient (Wildman–Crippen LogP) is 2.54. The number of nitrogen functional groups attached to an aromatic ring is 1. The van der Waals surface area contributed by atoms with Crippen molar-refractivity contribution in [3.63, 3.8) is 0 Å². The number of hydrogen-bond donors (Lipinski definition) is 3. The molecule has 0 aliphatic rings. The lowest BCUT2D eigenvalue weighted by Gasteiger charge is -2.17. The molecule has 5 nitrogen and oxygen atoms in total. The molecule has 2 aromatic heterocycles. The summed E-state index contributed by atoms with van der Waals surface area (Å²) >= 11 is 1.64. The van der Waals surface area contributed by atoms with E-state index in [1.165, 1.54) is 4.88 Å². The molecule has 0 bridgehead atoms. The van der Waals surface area contributed by atoms with Gasteiger partial charge in [-0.3, -0.25) is 0 Å². The van der Waals surface area contributed by atoms with Crippen molar-refractivity contribution in [1.82, 2.24) is 9.97 Å². The zero-order valence-electron chi connectivity index (χ0n) is 11.3. The summed E-state index contributed by atoms with van der Waals surface area (Å²) in [5, 5.41) is 12.7. The third-order valence-corrected chi connectivity index (χ3v) is 4.03. The number of unbranched alkanes of at least 4 members (excludes halogenated alkanes) is 1. The number of anilines is 2. The Hall–Kier alpha value is -1.40. The molecule has 2 rings (SSSR count). The zero-order chi connectivity index (χ0) is 13.8. The number of aryl methyl sites for hydroxylation is 1. The van der Waals surface area contributed by atoms with Crippen LogP contribution in [0.3, 0.4) is 0 Å². The van der Waals surface area contributed by atoms with Crippen LogP contribution in [0.1, 0.15) is 31.1 Å². The Labute approximate surface area is 116 Å². The van der Waals surface area contributed by atoms with Crippen LogP contribution in [0.25, 0.3) is 10.2 Å². The van der Waals surface area contributed by atoms with Crippen LogP contribution in [-0.2, 0) is 0 Å². The van der Waals surface area contributed by atoms with E-state index in [2.05, 4.69) is 22.2 Å². The van der Waals surface area contributed by atoms with Crippen LogP contribution in [-0.4, -0.2) is 27.7 Å². The molecule has 6 heteroatoms. The van der Waals surface area contributed by atoms with Gasteiger partial charge in [0.2, 0.25) is 5.95 Å². The molecular formula is C13H20N4OS. The number of nitrogens with one attached hydrogen (secondary N) is 1. The number of aliphatic hydroxyl groups is 1. The lowest BCUT2D eigenvalue weighted by molar-refractivity contribution is 0.267. The number of nitrogens with two attached hydrogens (primary N) is 1. The number of nitrogens with zero attached hydrogens (tertiary/aromatic N) is 2. The van der Waals surface area contributed by atoms with Gasteiger partial charge in [0.25, 0.3) is 0 Å². The normalized spacial score (nSPS) is 12.8. The second-order valence-corrected chi connectivity index (χ2v) is 5.92. The molecule has 104 valence electrons. The summed E-state index contributed by atoms with van der Waals surface area (Å²) in [6.45, 7) is 4.26. The highest BCUT2D eigenvalue weighted by atomic mass is 32.1. The van der Waals surface area contributed by atoms with Crippen LogP contribution in [0, 0.1) is 6.92 Å². The molecule has 1 unspecified atom stereocenters. The van der Waals surface area contributed by atoms with E-state index in [0.29, 0.717) is 0 Å². The third kappa shape index (κ3) is 3.33. The molecule has 0 radical (unpaired) electrons. The maximum Gasteiger partial charge on any atom is 0.222 e. The highest BCUT2D eigenvalue weighted by Crippen LogP contribution is 2.30. The number of thiophene rings is 1. The fourth-order valence-electron chi connectivity index (χ4n) is 2.02. The van der Waals surface area contributed by atoms with E-state index in [1.54, 1.807) is 11.3 Å². The van der Waals surface area contributed by atoms with E-state index < -0.39 is 0 Å². The Balaban J connectivity index is 2.27. The van der Waals surface area contributed by atoms with Crippen molar-refractivity contribution >= 4 is 33.3 Å². The first kappa shape index (κ1) is 14.0. The highest BCUT2D eigenvalue weighted by Gasteiger charge is 2.13. The molecular weight excluding hydrogens is 260 g/mol. The summed E-state index contributed by atoms with van der Waals surface area (Å²) in [5.41, 5.74) is 6.60. The fraction of sp³-hybridized carbons (Fsp3) is 0.538. The van der Waals surface area contributed by atoms with Gasteiger partial charge in [0.1, 0.15) is 5.82 Å². The monoisotopic (exact) mass is 280 g/mol. The van der Waals surface area contributed by atoms with E-state index >= 15 is 0 Å². The number of aliphatic hydroxyl groups excluding tert-OH is 1. The first-order valence-corrected chi connectivity index (χ1v) is 7.36. The number of aromatic nitrogens is 2. The smallest absolute Gasteiger partial charge is 0.222 e. The van der Waals surface area contributed by atoms with Crippen molar-refractivity contribution in [2.75, 3.05) is 17.7 Å². The molecule has 0 amide bonds. The molecule has 2 aromatic rings. The van der Waals surface area contributed by atoms with Gasteiger partial charge >= 0.3 is 0 Å². The predicted molar refractivity (Wildman–Crippen MR) is 80.6 cm³/mol. The van der Waals surface area contributed by atoms with Gasteiger partial charge in [0.05, 0.1) is 22.9 Å². The van der Waals surface area contributed by atoms with Gasteiger partial charge < -0.3 is 16.2 Å². The zero-order valence-corrected chi connectivity index (χ0v) is 12.1. The number of fused-ring (bicyclic) bond motifs is 1. The van der Waals surface area contributed by atoms with Gasteiger partial charge in [-0.1, -0.05) is 19.8 Å². The summed E-state index contributed by atoms with van der Waals surface area (Å²) in [6.07, 6.45) is 3.10. The van der Waals surface area contributed by atoms with Crippen molar-refractivity contribution in [3.8, 4) is 0 Å². The van der Waals surface area contributed by atoms with Crippen molar-refractivity contribution < 1.29 is 5.11 Å². The maximum atomic E-state index is 9.43. The summed E-state index contributed by atoms with van der Waals surface area (Å²) < 4.78 is 1.00. The van der Waals surface area contributed by atoms with Crippen LogP contribution in [0.15, 0.2) is 6.07 Å². The molecule has 2 heterocycles. The second-order valence-electron chi connectivity index (χ2n) is 4.67. The molecule has 0 spiro atoms. The van der Waals surface area contributed by atoms with E-state index in [1.807, 2.05) is 13.0 Å². The van der Waals surface area contributed by atoms with Crippen molar-refractivity contribution in [2.24, 2.45) is 0 Å². The van der Waals surface area contributed by atoms with Gasteiger partial charge in [-0.25, -0.2) is 4.98 Å². The minimum absolute atomic E-state index is 0.0138. The summed E-state index contributed by atoms with van der Waals surface area (Å²) in [6, 6.07) is 2.02. The molecule has 1 atom stereocenters. The van der Waals surface area contributed by atoms with Gasteiger partial charge in [-0.15, -0.1) is 11.3 Å². The minimum Gasteiger partial charge on any atom is -0.394 e. The average Bonchev–Trinajstić information content (AvgIpc) is 2.74. The van der Waals surface area contributed by atoms with Gasteiger partial charge in [-0.05, 0) is 19.4 Å². The number of rotatable bonds is 6. The van der Waals surface area contributed by atoms with Crippen LogP contribution in [0.4, 0.5) is 11.8 Å². The highest BCUT2D eigenvalue weighted by molar-refractivity contribution is 7.19. The van der Waals surface area contributed by atoms with Crippen molar-refractivity contribution in [2.45, 2.75) is 39.2 Å². The van der Waals surface area contributed by atoms with E-state index in [9.17, 15) is 5.11 Å². The lowest BCUT2D eigenvalue weighted by Crippen LogP contribution is -2.24. The Kier molecular flexibility index (Phi) is 4.55. The molecule has 0 aromatic carbocycles. The summed E-state index contributed by atoms with van der Waals surface area (Å²) in [5.74, 6) is 0.996. The van der Waals surface area contributed by atoms with Crippen LogP contribution < -0.4 is 11.1 Å².